The maximum Gasteiger partial charge on any atom is 0.103 e. The first-order valence-electron chi connectivity index (χ1n) is 1.43. The summed E-state index contributed by atoms with van der Waals surface area (Å²) in [5.74, 6) is 0. The number of rotatable bonds is 2. The zero-order chi connectivity index (χ0) is 4.83. The van der Waals surface area contributed by atoms with E-state index in [1.54, 1.807) is 0 Å². The fourth-order valence-electron chi connectivity index (χ4n) is 0.0794. The van der Waals surface area contributed by atoms with Gasteiger partial charge in [0.25, 0.3) is 0 Å². The minimum absolute atomic E-state index is 0.0868. The standard InChI is InChI=1S/C3H5FO2/c4-2-1-3-6-5/h1-2,5H,3H2. The normalized spacial score (nSPS) is 10.3. The predicted molar refractivity (Wildman–Crippen MR) is 18.8 cm³/mol. The second-order valence-electron chi connectivity index (χ2n) is 0.657. The van der Waals surface area contributed by atoms with Crippen molar-refractivity contribution in [3.05, 3.63) is 12.4 Å². The summed E-state index contributed by atoms with van der Waals surface area (Å²) < 4.78 is 10.8. The fraction of sp³-hybridized carbons (Fsp3) is 0.333. The average Bonchev–Trinajstić information content (AvgIpc) is 1.61. The smallest absolute Gasteiger partial charge is 0.103 e. The van der Waals surface area contributed by atoms with Gasteiger partial charge in [0.05, 0.1) is 6.33 Å². The lowest BCUT2D eigenvalue weighted by atomic mass is 10.7. The van der Waals surface area contributed by atoms with Crippen molar-refractivity contribution in [2.45, 2.75) is 0 Å². The molecule has 0 radical (unpaired) electrons. The van der Waals surface area contributed by atoms with Gasteiger partial charge in [0.2, 0.25) is 0 Å². The largest absolute Gasteiger partial charge is 0.251 e. The molecule has 0 aliphatic carbocycles. The van der Waals surface area contributed by atoms with Crippen molar-refractivity contribution in [3.63, 3.8) is 0 Å². The van der Waals surface area contributed by atoms with Crippen molar-refractivity contribution in [1.29, 1.82) is 0 Å². The molecule has 0 bridgehead atoms. The summed E-state index contributed by atoms with van der Waals surface area (Å²) in [5.41, 5.74) is 0. The van der Waals surface area contributed by atoms with Crippen LogP contribution in [0.4, 0.5) is 4.39 Å². The van der Waals surface area contributed by atoms with Crippen LogP contribution in [0, 0.1) is 0 Å². The maximum atomic E-state index is 10.8. The molecule has 2 nitrogen and oxygen atoms in total. The van der Waals surface area contributed by atoms with Gasteiger partial charge < -0.3 is 0 Å². The van der Waals surface area contributed by atoms with Gasteiger partial charge in [-0.25, -0.2) is 9.28 Å². The zero-order valence-electron chi connectivity index (χ0n) is 3.10. The van der Waals surface area contributed by atoms with Crippen molar-refractivity contribution in [2.75, 3.05) is 6.61 Å². The highest BCUT2D eigenvalue weighted by Crippen LogP contribution is 1.70. The van der Waals surface area contributed by atoms with Crippen molar-refractivity contribution < 1.29 is 14.5 Å². The molecule has 1 N–H and O–H groups in total. The third kappa shape index (κ3) is 3.59. The van der Waals surface area contributed by atoms with Crippen LogP contribution in [-0.4, -0.2) is 11.9 Å². The Balaban J connectivity index is 2.66. The van der Waals surface area contributed by atoms with E-state index in [1.807, 2.05) is 0 Å². The second-order valence-corrected chi connectivity index (χ2v) is 0.657. The fourth-order valence-corrected chi connectivity index (χ4v) is 0.0794. The molecule has 36 valence electrons. The van der Waals surface area contributed by atoms with E-state index in [1.165, 1.54) is 0 Å². The van der Waals surface area contributed by atoms with Crippen LogP contribution in [-0.2, 0) is 4.89 Å². The van der Waals surface area contributed by atoms with Gasteiger partial charge in [0.15, 0.2) is 0 Å². The molecule has 0 aliphatic rings. The summed E-state index contributed by atoms with van der Waals surface area (Å²) in [6.45, 7) is -0.0868. The first kappa shape index (κ1) is 5.59. The van der Waals surface area contributed by atoms with Crippen LogP contribution in [0.1, 0.15) is 0 Å². The van der Waals surface area contributed by atoms with E-state index in [2.05, 4.69) is 4.89 Å². The van der Waals surface area contributed by atoms with E-state index in [9.17, 15) is 4.39 Å². The molecule has 0 aromatic rings. The number of halogens is 1. The van der Waals surface area contributed by atoms with E-state index in [0.29, 0.717) is 6.33 Å². The van der Waals surface area contributed by atoms with Gasteiger partial charge in [-0.15, -0.1) is 0 Å². The lowest BCUT2D eigenvalue weighted by molar-refractivity contribution is -0.232. The van der Waals surface area contributed by atoms with Gasteiger partial charge in [0.1, 0.15) is 6.61 Å². The molecule has 0 saturated carbocycles. The molecular weight excluding hydrogens is 87.0 g/mol. The molecule has 0 atom stereocenters. The first-order valence-corrected chi connectivity index (χ1v) is 1.43. The third-order valence-corrected chi connectivity index (χ3v) is 0.260. The van der Waals surface area contributed by atoms with E-state index < -0.39 is 0 Å². The van der Waals surface area contributed by atoms with Crippen LogP contribution >= 0.6 is 0 Å². The van der Waals surface area contributed by atoms with E-state index in [0.717, 1.165) is 6.08 Å². The van der Waals surface area contributed by atoms with Gasteiger partial charge >= 0.3 is 0 Å². The van der Waals surface area contributed by atoms with Crippen LogP contribution in [0.3, 0.4) is 0 Å². The monoisotopic (exact) mass is 92.0 g/mol. The van der Waals surface area contributed by atoms with Crippen LogP contribution in [0.25, 0.3) is 0 Å². The lowest BCUT2D eigenvalue weighted by Gasteiger charge is -1.77. The van der Waals surface area contributed by atoms with Crippen LogP contribution < -0.4 is 0 Å². The summed E-state index contributed by atoms with van der Waals surface area (Å²) >= 11 is 0. The van der Waals surface area contributed by atoms with E-state index >= 15 is 0 Å². The highest BCUT2D eigenvalue weighted by atomic mass is 19.1. The van der Waals surface area contributed by atoms with Gasteiger partial charge in [-0.05, 0) is 6.08 Å². The number of hydrogen-bond acceptors (Lipinski definition) is 2. The molecule has 0 saturated heterocycles. The lowest BCUT2D eigenvalue weighted by Crippen LogP contribution is -1.78. The Hall–Kier alpha value is -0.410. The number of hydrogen-bond donors (Lipinski definition) is 1. The SMILES string of the molecule is OOCC=CF. The maximum absolute atomic E-state index is 10.8. The van der Waals surface area contributed by atoms with Crippen molar-refractivity contribution in [3.8, 4) is 0 Å². The molecule has 0 rings (SSSR count). The summed E-state index contributed by atoms with van der Waals surface area (Å²) in [6.07, 6.45) is 1.34. The van der Waals surface area contributed by atoms with Gasteiger partial charge in [0, 0.05) is 0 Å². The molecule has 0 amide bonds. The Bertz CT molecular complexity index is 44.1. The minimum Gasteiger partial charge on any atom is -0.251 e. The zero-order valence-corrected chi connectivity index (χ0v) is 3.10. The average molecular weight is 92.1 g/mol. The Morgan fingerprint density at radius 1 is 1.83 bits per heavy atom. The second kappa shape index (κ2) is 4.59. The highest BCUT2D eigenvalue weighted by Gasteiger charge is 1.66. The molecular formula is C3H5FO2. The highest BCUT2D eigenvalue weighted by molar-refractivity contribution is 4.69. The van der Waals surface area contributed by atoms with Gasteiger partial charge in [-0.1, -0.05) is 0 Å². The van der Waals surface area contributed by atoms with E-state index in [4.69, 9.17) is 5.26 Å². The summed E-state index contributed by atoms with van der Waals surface area (Å²) in [5, 5.41) is 7.48. The first-order chi connectivity index (χ1) is 2.91. The topological polar surface area (TPSA) is 29.5 Å². The van der Waals surface area contributed by atoms with Crippen LogP contribution in [0.2, 0.25) is 0 Å². The molecule has 0 heterocycles. The van der Waals surface area contributed by atoms with Crippen molar-refractivity contribution >= 4 is 0 Å². The van der Waals surface area contributed by atoms with Gasteiger partial charge in [-0.3, -0.25) is 5.26 Å². The molecule has 0 aromatic carbocycles. The Kier molecular flexibility index (Phi) is 4.28. The summed E-state index contributed by atoms with van der Waals surface area (Å²) in [7, 11) is 0. The van der Waals surface area contributed by atoms with Crippen molar-refractivity contribution in [1.82, 2.24) is 0 Å². The predicted octanol–water partition coefficient (Wildman–Crippen LogP) is 0.959. The Morgan fingerprint density at radius 2 is 2.50 bits per heavy atom. The van der Waals surface area contributed by atoms with Crippen molar-refractivity contribution in [2.24, 2.45) is 0 Å². The molecule has 0 aliphatic heterocycles. The molecule has 0 aromatic heterocycles. The summed E-state index contributed by atoms with van der Waals surface area (Å²) in [4.78, 5) is 3.46. The van der Waals surface area contributed by atoms with E-state index in [-0.39, 0.29) is 6.61 Å². The summed E-state index contributed by atoms with van der Waals surface area (Å²) in [6, 6.07) is 0. The minimum atomic E-state index is -0.0868. The molecule has 6 heavy (non-hydrogen) atoms. The Morgan fingerprint density at radius 3 is 2.67 bits per heavy atom. The third-order valence-electron chi connectivity index (χ3n) is 0.260. The Labute approximate surface area is 34.8 Å². The molecule has 0 fully saturated rings. The van der Waals surface area contributed by atoms with Gasteiger partial charge in [-0.2, -0.15) is 0 Å². The quantitative estimate of drug-likeness (QED) is 0.406. The van der Waals surface area contributed by atoms with Crippen LogP contribution in [0.5, 0.6) is 0 Å². The molecule has 3 heteroatoms. The molecule has 0 unspecified atom stereocenters. The molecule has 0 spiro atoms. The van der Waals surface area contributed by atoms with Crippen LogP contribution in [0.15, 0.2) is 12.4 Å².